The Morgan fingerprint density at radius 2 is 2.05 bits per heavy atom. The molecule has 0 bridgehead atoms. The van der Waals surface area contributed by atoms with E-state index in [-0.39, 0.29) is 16.8 Å². The van der Waals surface area contributed by atoms with Crippen molar-refractivity contribution in [3.8, 4) is 0 Å². The molecule has 19 heavy (non-hydrogen) atoms. The monoisotopic (exact) mass is 357 g/mol. The molecule has 0 aliphatic rings. The Hall–Kier alpha value is -0.890. The normalized spacial score (nSPS) is 13.1. The van der Waals surface area contributed by atoms with Gasteiger partial charge in [-0.2, -0.15) is 13.2 Å². The zero-order valence-electron chi connectivity index (χ0n) is 9.88. The fourth-order valence-corrected chi connectivity index (χ4v) is 2.10. The van der Waals surface area contributed by atoms with Gasteiger partial charge in [-0.25, -0.2) is 0 Å². The lowest BCUT2D eigenvalue weighted by atomic mass is 10.1. The molecule has 3 nitrogen and oxygen atoms in total. The summed E-state index contributed by atoms with van der Waals surface area (Å²) < 4.78 is 49.4. The zero-order chi connectivity index (χ0) is 14.6. The van der Waals surface area contributed by atoms with Crippen LogP contribution in [0.15, 0.2) is 22.7 Å². The topological polar surface area (TPSA) is 46.2 Å². The molecule has 0 radical (unpaired) electrons. The van der Waals surface area contributed by atoms with E-state index in [4.69, 9.17) is 0 Å². The van der Waals surface area contributed by atoms with Gasteiger partial charge in [-0.05, 0) is 18.2 Å². The lowest BCUT2D eigenvalue weighted by Gasteiger charge is -2.13. The molecule has 0 saturated heterocycles. The van der Waals surface area contributed by atoms with Crippen LogP contribution in [0.25, 0.3) is 0 Å². The summed E-state index contributed by atoms with van der Waals surface area (Å²) in [5.41, 5.74) is -1.45. The Morgan fingerprint density at radius 3 is 2.58 bits per heavy atom. The average Bonchev–Trinajstić information content (AvgIpc) is 2.27. The molecular formula is C11H11BrF3NO2S. The van der Waals surface area contributed by atoms with Crippen molar-refractivity contribution in [1.29, 1.82) is 0 Å². The van der Waals surface area contributed by atoms with Crippen LogP contribution in [0.5, 0.6) is 0 Å². The Kier molecular flexibility index (Phi) is 5.54. The number of hydrogen-bond donors (Lipinski definition) is 1. The van der Waals surface area contributed by atoms with Crippen molar-refractivity contribution in [1.82, 2.24) is 5.32 Å². The number of rotatable bonds is 4. The molecule has 106 valence electrons. The predicted molar refractivity (Wildman–Crippen MR) is 70.4 cm³/mol. The first kappa shape index (κ1) is 16.2. The summed E-state index contributed by atoms with van der Waals surface area (Å²) in [7, 11) is -1.11. The number of alkyl halides is 3. The molecule has 1 aromatic carbocycles. The number of carbonyl (C=O) groups is 1. The van der Waals surface area contributed by atoms with Gasteiger partial charge in [-0.3, -0.25) is 9.00 Å². The van der Waals surface area contributed by atoms with E-state index in [2.05, 4.69) is 21.2 Å². The summed E-state index contributed by atoms with van der Waals surface area (Å²) in [6.45, 7) is 0.0648. The van der Waals surface area contributed by atoms with E-state index < -0.39 is 34.0 Å². The van der Waals surface area contributed by atoms with E-state index >= 15 is 0 Å². The molecule has 1 amide bonds. The van der Waals surface area contributed by atoms with Crippen LogP contribution in [0, 0.1) is 0 Å². The lowest BCUT2D eigenvalue weighted by molar-refractivity contribution is -0.138. The van der Waals surface area contributed by atoms with Crippen LogP contribution in [0.1, 0.15) is 15.9 Å². The summed E-state index contributed by atoms with van der Waals surface area (Å²) in [5.74, 6) is -0.630. The Labute approximate surface area is 119 Å². The van der Waals surface area contributed by atoms with Gasteiger partial charge in [0.2, 0.25) is 0 Å². The highest BCUT2D eigenvalue weighted by Crippen LogP contribution is 2.33. The van der Waals surface area contributed by atoms with Crippen molar-refractivity contribution in [2.45, 2.75) is 6.18 Å². The molecule has 0 aromatic heterocycles. The number of amides is 1. The van der Waals surface area contributed by atoms with Gasteiger partial charge in [0.15, 0.2) is 0 Å². The minimum atomic E-state index is -4.61. The second-order valence-electron chi connectivity index (χ2n) is 3.72. The van der Waals surface area contributed by atoms with E-state index in [9.17, 15) is 22.2 Å². The molecule has 1 rings (SSSR count). The van der Waals surface area contributed by atoms with Crippen LogP contribution in [0.4, 0.5) is 13.2 Å². The quantitative estimate of drug-likeness (QED) is 0.900. The van der Waals surface area contributed by atoms with Crippen molar-refractivity contribution in [2.24, 2.45) is 0 Å². The number of benzene rings is 1. The third kappa shape index (κ3) is 4.94. The Balaban J connectivity index is 2.93. The molecule has 1 unspecified atom stereocenters. The van der Waals surface area contributed by atoms with Gasteiger partial charge in [-0.15, -0.1) is 0 Å². The molecule has 8 heteroatoms. The van der Waals surface area contributed by atoms with Crippen molar-refractivity contribution in [2.75, 3.05) is 18.6 Å². The number of carbonyl (C=O) groups excluding carboxylic acids is 1. The van der Waals surface area contributed by atoms with Crippen molar-refractivity contribution in [3.05, 3.63) is 33.8 Å². The van der Waals surface area contributed by atoms with Crippen molar-refractivity contribution in [3.63, 3.8) is 0 Å². The smallest absolute Gasteiger partial charge is 0.351 e. The van der Waals surface area contributed by atoms with Gasteiger partial charge in [0.05, 0.1) is 11.1 Å². The average molecular weight is 358 g/mol. The van der Waals surface area contributed by atoms with Crippen LogP contribution in [-0.4, -0.2) is 28.7 Å². The summed E-state index contributed by atoms with van der Waals surface area (Å²) in [5, 5.41) is 2.31. The van der Waals surface area contributed by atoms with E-state index in [0.29, 0.717) is 0 Å². The molecular weight excluding hydrogens is 347 g/mol. The van der Waals surface area contributed by atoms with Crippen molar-refractivity contribution >= 4 is 32.6 Å². The van der Waals surface area contributed by atoms with Gasteiger partial charge in [0, 0.05) is 33.8 Å². The first-order chi connectivity index (χ1) is 8.71. The number of nitrogens with one attached hydrogen (secondary N) is 1. The number of hydrogen-bond acceptors (Lipinski definition) is 2. The van der Waals surface area contributed by atoms with Gasteiger partial charge >= 0.3 is 6.18 Å². The summed E-state index contributed by atoms with van der Waals surface area (Å²) >= 11 is 2.94. The third-order valence-electron chi connectivity index (χ3n) is 2.21. The Morgan fingerprint density at radius 1 is 1.42 bits per heavy atom. The van der Waals surface area contributed by atoms with E-state index in [1.807, 2.05) is 0 Å². The molecule has 0 spiro atoms. The van der Waals surface area contributed by atoms with E-state index in [1.165, 1.54) is 12.3 Å². The standard InChI is InChI=1S/C11H11BrF3NO2S/c1-19(18)5-4-16-10(17)8-3-2-7(12)6-9(8)11(13,14)15/h2-3,6H,4-5H2,1H3,(H,16,17). The van der Waals surface area contributed by atoms with E-state index in [0.717, 1.165) is 12.1 Å². The van der Waals surface area contributed by atoms with Crippen LogP contribution in [-0.2, 0) is 17.0 Å². The molecule has 1 aromatic rings. The fourth-order valence-electron chi connectivity index (χ4n) is 1.35. The van der Waals surface area contributed by atoms with Gasteiger partial charge < -0.3 is 5.32 Å². The van der Waals surface area contributed by atoms with Gasteiger partial charge in [-0.1, -0.05) is 15.9 Å². The number of halogens is 4. The molecule has 0 aliphatic carbocycles. The largest absolute Gasteiger partial charge is 0.417 e. The molecule has 0 saturated carbocycles. The highest BCUT2D eigenvalue weighted by atomic mass is 79.9. The fraction of sp³-hybridized carbons (Fsp3) is 0.364. The molecule has 0 aliphatic heterocycles. The maximum Gasteiger partial charge on any atom is 0.417 e. The second kappa shape index (κ2) is 6.51. The molecule has 0 heterocycles. The lowest BCUT2D eigenvalue weighted by Crippen LogP contribution is -2.29. The highest BCUT2D eigenvalue weighted by Gasteiger charge is 2.35. The third-order valence-corrected chi connectivity index (χ3v) is 3.48. The second-order valence-corrected chi connectivity index (χ2v) is 6.19. The van der Waals surface area contributed by atoms with Gasteiger partial charge in [0.25, 0.3) is 5.91 Å². The van der Waals surface area contributed by atoms with Crippen LogP contribution >= 0.6 is 15.9 Å². The van der Waals surface area contributed by atoms with Crippen LogP contribution < -0.4 is 5.32 Å². The maximum absolute atomic E-state index is 12.8. The highest BCUT2D eigenvalue weighted by molar-refractivity contribution is 9.10. The summed E-state index contributed by atoms with van der Waals surface area (Å²) in [6.07, 6.45) is -3.16. The zero-order valence-corrected chi connectivity index (χ0v) is 12.3. The maximum atomic E-state index is 12.8. The van der Waals surface area contributed by atoms with Crippen molar-refractivity contribution < 1.29 is 22.2 Å². The first-order valence-corrected chi connectivity index (χ1v) is 7.69. The Bertz CT molecular complexity index is 505. The first-order valence-electron chi connectivity index (χ1n) is 5.17. The van der Waals surface area contributed by atoms with Crippen LogP contribution in [0.2, 0.25) is 0 Å². The van der Waals surface area contributed by atoms with E-state index in [1.54, 1.807) is 0 Å². The minimum absolute atomic E-state index is 0.0648. The minimum Gasteiger partial charge on any atom is -0.351 e. The van der Waals surface area contributed by atoms with Crippen LogP contribution in [0.3, 0.4) is 0 Å². The van der Waals surface area contributed by atoms with Gasteiger partial charge in [0.1, 0.15) is 0 Å². The summed E-state index contributed by atoms with van der Waals surface area (Å²) in [6, 6.07) is 3.32. The summed E-state index contributed by atoms with van der Waals surface area (Å²) in [4.78, 5) is 11.7. The molecule has 0 fully saturated rings. The predicted octanol–water partition coefficient (Wildman–Crippen LogP) is 2.58. The molecule has 1 N–H and O–H groups in total. The SMILES string of the molecule is CS(=O)CCNC(=O)c1ccc(Br)cc1C(F)(F)F. The molecule has 1 atom stereocenters.